The van der Waals surface area contributed by atoms with Gasteiger partial charge in [-0.3, -0.25) is 4.79 Å². The van der Waals surface area contributed by atoms with Crippen molar-refractivity contribution in [2.45, 2.75) is 36.6 Å². The number of amides is 1. The number of nitrogens with two attached hydrogens (primary N) is 1. The minimum atomic E-state index is -3.67. The van der Waals surface area contributed by atoms with Crippen LogP contribution in [0.5, 0.6) is 0 Å². The maximum Gasteiger partial charge on any atom is 0.242 e. The lowest BCUT2D eigenvalue weighted by atomic mass is 10.1. The second-order valence-electron chi connectivity index (χ2n) is 6.13. The van der Waals surface area contributed by atoms with Crippen LogP contribution >= 0.6 is 0 Å². The minimum absolute atomic E-state index is 0.0261. The molecule has 0 heterocycles. The first-order valence-electron chi connectivity index (χ1n) is 8.06. The molecule has 1 unspecified atom stereocenters. The first-order chi connectivity index (χ1) is 11.3. The van der Waals surface area contributed by atoms with Crippen LogP contribution < -0.4 is 11.1 Å². The highest BCUT2D eigenvalue weighted by Gasteiger charge is 2.31. The Morgan fingerprint density at radius 3 is 2.54 bits per heavy atom. The Hall–Kier alpha value is -1.51. The van der Waals surface area contributed by atoms with Crippen LogP contribution in [0.25, 0.3) is 0 Å². The lowest BCUT2D eigenvalue weighted by molar-refractivity contribution is -0.122. The van der Waals surface area contributed by atoms with Crippen molar-refractivity contribution in [1.82, 2.24) is 9.62 Å². The molecule has 0 bridgehead atoms. The SMILES string of the molecule is CN(CCCC(=O)NC(CN)C1CC1)S(=O)(=O)c1ccc(F)cc1. The summed E-state index contributed by atoms with van der Waals surface area (Å²) in [7, 11) is -2.22. The molecule has 24 heavy (non-hydrogen) atoms. The van der Waals surface area contributed by atoms with Crippen LogP contribution in [0.1, 0.15) is 25.7 Å². The number of nitrogens with zero attached hydrogens (tertiary/aromatic N) is 1. The van der Waals surface area contributed by atoms with E-state index in [9.17, 15) is 17.6 Å². The number of benzene rings is 1. The zero-order chi connectivity index (χ0) is 17.7. The molecule has 0 aromatic heterocycles. The Labute approximate surface area is 142 Å². The summed E-state index contributed by atoms with van der Waals surface area (Å²) in [5.41, 5.74) is 5.64. The minimum Gasteiger partial charge on any atom is -0.352 e. The molecular weight excluding hydrogens is 333 g/mol. The third-order valence-corrected chi connectivity index (χ3v) is 6.06. The molecule has 1 aliphatic carbocycles. The van der Waals surface area contributed by atoms with Crippen LogP contribution in [0.2, 0.25) is 0 Å². The van der Waals surface area contributed by atoms with Crippen molar-refractivity contribution in [3.05, 3.63) is 30.1 Å². The molecule has 1 aliphatic rings. The van der Waals surface area contributed by atoms with Crippen LogP contribution in [-0.4, -0.2) is 44.8 Å². The van der Waals surface area contributed by atoms with Crippen LogP contribution in [0.15, 0.2) is 29.2 Å². The second kappa shape index (κ2) is 8.04. The Morgan fingerprint density at radius 2 is 2.00 bits per heavy atom. The summed E-state index contributed by atoms with van der Waals surface area (Å²) < 4.78 is 38.7. The molecule has 8 heteroatoms. The molecular formula is C16H24FN3O3S. The van der Waals surface area contributed by atoms with Crippen LogP contribution in [-0.2, 0) is 14.8 Å². The Kier molecular flexibility index (Phi) is 6.31. The molecule has 1 aromatic carbocycles. The van der Waals surface area contributed by atoms with Crippen LogP contribution in [0, 0.1) is 11.7 Å². The van der Waals surface area contributed by atoms with Crippen molar-refractivity contribution < 1.29 is 17.6 Å². The third kappa shape index (κ3) is 4.99. The molecule has 1 fully saturated rings. The molecule has 1 atom stereocenters. The molecule has 0 spiro atoms. The van der Waals surface area contributed by atoms with Gasteiger partial charge in [-0.15, -0.1) is 0 Å². The Bertz CT molecular complexity index is 660. The largest absolute Gasteiger partial charge is 0.352 e. The van der Waals surface area contributed by atoms with Crippen molar-refractivity contribution >= 4 is 15.9 Å². The highest BCUT2D eigenvalue weighted by molar-refractivity contribution is 7.89. The summed E-state index contributed by atoms with van der Waals surface area (Å²) in [6.07, 6.45) is 2.85. The number of hydrogen-bond acceptors (Lipinski definition) is 4. The van der Waals surface area contributed by atoms with Gasteiger partial charge >= 0.3 is 0 Å². The molecule has 3 N–H and O–H groups in total. The molecule has 1 aromatic rings. The first kappa shape index (κ1) is 18.8. The predicted molar refractivity (Wildman–Crippen MR) is 89.2 cm³/mol. The average Bonchev–Trinajstić information content (AvgIpc) is 3.37. The normalized spacial score (nSPS) is 16.2. The monoisotopic (exact) mass is 357 g/mol. The van der Waals surface area contributed by atoms with E-state index in [-0.39, 0.29) is 29.8 Å². The van der Waals surface area contributed by atoms with E-state index in [0.29, 0.717) is 18.9 Å². The molecule has 1 saturated carbocycles. The van der Waals surface area contributed by atoms with Gasteiger partial charge in [-0.25, -0.2) is 17.1 Å². The van der Waals surface area contributed by atoms with Gasteiger partial charge in [0.05, 0.1) is 4.90 Å². The van der Waals surface area contributed by atoms with E-state index in [1.165, 1.54) is 23.5 Å². The van der Waals surface area contributed by atoms with Gasteiger partial charge in [0.15, 0.2) is 0 Å². The van der Waals surface area contributed by atoms with Crippen molar-refractivity contribution in [3.8, 4) is 0 Å². The topological polar surface area (TPSA) is 92.5 Å². The number of carbonyl (C=O) groups excluding carboxylic acids is 1. The highest BCUT2D eigenvalue weighted by atomic mass is 32.2. The standard InChI is InChI=1S/C16H24FN3O3S/c1-20(24(22,23)14-8-6-13(17)7-9-14)10-2-3-16(21)19-15(11-18)12-4-5-12/h6-9,12,15H,2-5,10-11,18H2,1H3,(H,19,21). The van der Waals surface area contributed by atoms with Crippen LogP contribution in [0.3, 0.4) is 0 Å². The average molecular weight is 357 g/mol. The summed E-state index contributed by atoms with van der Waals surface area (Å²) in [6.45, 7) is 0.638. The maximum absolute atomic E-state index is 12.9. The number of carbonyl (C=O) groups is 1. The summed E-state index contributed by atoms with van der Waals surface area (Å²) in [5, 5.41) is 2.91. The number of nitrogens with one attached hydrogen (secondary N) is 1. The van der Waals surface area contributed by atoms with Gasteiger partial charge in [0, 0.05) is 32.6 Å². The van der Waals surface area contributed by atoms with Crippen molar-refractivity contribution in [1.29, 1.82) is 0 Å². The van der Waals surface area contributed by atoms with E-state index in [2.05, 4.69) is 5.32 Å². The summed E-state index contributed by atoms with van der Waals surface area (Å²) in [6, 6.07) is 4.71. The van der Waals surface area contributed by atoms with Gasteiger partial charge < -0.3 is 11.1 Å². The van der Waals surface area contributed by atoms with Gasteiger partial charge in [-0.05, 0) is 49.4 Å². The molecule has 0 aliphatic heterocycles. The predicted octanol–water partition coefficient (Wildman–Crippen LogP) is 1.08. The smallest absolute Gasteiger partial charge is 0.242 e. The van der Waals surface area contributed by atoms with Gasteiger partial charge in [0.25, 0.3) is 0 Å². The molecule has 0 radical (unpaired) electrons. The van der Waals surface area contributed by atoms with E-state index in [1.807, 2.05) is 0 Å². The number of hydrogen-bond donors (Lipinski definition) is 2. The number of sulfonamides is 1. The van der Waals surface area contributed by atoms with Crippen molar-refractivity contribution in [2.24, 2.45) is 11.7 Å². The summed E-state index contributed by atoms with van der Waals surface area (Å²) in [5.74, 6) is -0.108. The molecule has 1 amide bonds. The lowest BCUT2D eigenvalue weighted by Crippen LogP contribution is -2.41. The molecule has 134 valence electrons. The molecule has 2 rings (SSSR count). The quantitative estimate of drug-likeness (QED) is 0.692. The van der Waals surface area contributed by atoms with Crippen molar-refractivity contribution in [2.75, 3.05) is 20.1 Å². The van der Waals surface area contributed by atoms with Gasteiger partial charge in [-0.1, -0.05) is 0 Å². The fourth-order valence-corrected chi connectivity index (χ4v) is 3.73. The van der Waals surface area contributed by atoms with Gasteiger partial charge in [0.2, 0.25) is 15.9 Å². The zero-order valence-electron chi connectivity index (χ0n) is 13.7. The Morgan fingerprint density at radius 1 is 1.38 bits per heavy atom. The number of rotatable bonds is 9. The fraction of sp³-hybridized carbons (Fsp3) is 0.562. The van der Waals surface area contributed by atoms with E-state index in [1.54, 1.807) is 0 Å². The first-order valence-corrected chi connectivity index (χ1v) is 9.50. The number of halogens is 1. The lowest BCUT2D eigenvalue weighted by Gasteiger charge is -2.18. The second-order valence-corrected chi connectivity index (χ2v) is 8.18. The van der Waals surface area contributed by atoms with E-state index in [0.717, 1.165) is 25.0 Å². The van der Waals surface area contributed by atoms with Gasteiger partial charge in [0.1, 0.15) is 5.82 Å². The maximum atomic E-state index is 12.9. The molecule has 0 saturated heterocycles. The highest BCUT2D eigenvalue weighted by Crippen LogP contribution is 2.32. The Balaban J connectivity index is 1.80. The third-order valence-electron chi connectivity index (χ3n) is 4.19. The zero-order valence-corrected chi connectivity index (χ0v) is 14.6. The van der Waals surface area contributed by atoms with Gasteiger partial charge in [-0.2, -0.15) is 0 Å². The summed E-state index contributed by atoms with van der Waals surface area (Å²) in [4.78, 5) is 11.9. The van der Waals surface area contributed by atoms with E-state index >= 15 is 0 Å². The van der Waals surface area contributed by atoms with E-state index < -0.39 is 15.8 Å². The summed E-state index contributed by atoms with van der Waals surface area (Å²) >= 11 is 0. The van der Waals surface area contributed by atoms with Crippen molar-refractivity contribution in [3.63, 3.8) is 0 Å². The van der Waals surface area contributed by atoms with Crippen LogP contribution in [0.4, 0.5) is 4.39 Å². The van der Waals surface area contributed by atoms with E-state index in [4.69, 9.17) is 5.73 Å². The molecule has 6 nitrogen and oxygen atoms in total. The fourth-order valence-electron chi connectivity index (χ4n) is 2.52.